The van der Waals surface area contributed by atoms with Gasteiger partial charge in [0.15, 0.2) is 6.10 Å². The van der Waals surface area contributed by atoms with Crippen LogP contribution in [0.4, 0.5) is 17.6 Å². The molecular weight excluding hydrogens is 587 g/mol. The van der Waals surface area contributed by atoms with Gasteiger partial charge in [-0.1, -0.05) is 35.3 Å². The predicted molar refractivity (Wildman–Crippen MR) is 139 cm³/mol. The number of hydrogen-bond donors (Lipinski definition) is 2. The summed E-state index contributed by atoms with van der Waals surface area (Å²) in [5, 5.41) is 13.4. The number of thiazole rings is 1. The molecule has 0 saturated carbocycles. The minimum absolute atomic E-state index is 0.0354. The van der Waals surface area contributed by atoms with E-state index in [2.05, 4.69) is 15.0 Å². The maximum Gasteiger partial charge on any atom is 0.333 e. The Morgan fingerprint density at radius 2 is 1.90 bits per heavy atom. The van der Waals surface area contributed by atoms with Gasteiger partial charge in [0.05, 0.1) is 17.8 Å². The number of ether oxygens (including phenoxy) is 2. The van der Waals surface area contributed by atoms with E-state index in [0.717, 1.165) is 11.3 Å². The van der Waals surface area contributed by atoms with Gasteiger partial charge in [-0.25, -0.2) is 18.6 Å². The van der Waals surface area contributed by atoms with Crippen molar-refractivity contribution < 1.29 is 41.7 Å². The molecule has 0 aliphatic rings. The smallest absolute Gasteiger partial charge is 0.333 e. The average Bonchev–Trinajstić information content (AvgIpc) is 3.26. The molecule has 0 saturated heterocycles. The van der Waals surface area contributed by atoms with Gasteiger partial charge in [0.2, 0.25) is 0 Å². The first kappa shape index (κ1) is 30.6. The highest BCUT2D eigenvalue weighted by Crippen LogP contribution is 2.34. The lowest BCUT2D eigenvalue weighted by atomic mass is 10.0. The number of aryl methyl sites for hydroxylation is 1. The van der Waals surface area contributed by atoms with Gasteiger partial charge in [0.25, 0.3) is 5.91 Å². The van der Waals surface area contributed by atoms with Crippen LogP contribution in [0, 0.1) is 6.92 Å². The Balaban J connectivity index is 1.73. The molecule has 2 aromatic carbocycles. The summed E-state index contributed by atoms with van der Waals surface area (Å²) in [5.74, 6) is -6.15. The second-order valence-corrected chi connectivity index (χ2v) is 10.1. The van der Waals surface area contributed by atoms with Crippen LogP contribution in [0.2, 0.25) is 10.0 Å². The number of aliphatic carboxylic acids is 1. The van der Waals surface area contributed by atoms with Crippen molar-refractivity contribution in [1.82, 2.24) is 10.3 Å². The van der Waals surface area contributed by atoms with E-state index in [4.69, 9.17) is 27.9 Å². The van der Waals surface area contributed by atoms with Crippen LogP contribution in [0.5, 0.6) is 5.75 Å². The fraction of sp³-hybridized carbons (Fsp3) is 0.320. The predicted octanol–water partition coefficient (Wildman–Crippen LogP) is 6.28. The van der Waals surface area contributed by atoms with Crippen LogP contribution in [-0.2, 0) is 22.5 Å². The molecule has 7 nitrogen and oxygen atoms in total. The summed E-state index contributed by atoms with van der Waals surface area (Å²) in [4.78, 5) is 29.2. The molecular formula is C25H22Cl2F4N2O5S. The number of rotatable bonds is 12. The average molecular weight is 609 g/mol. The van der Waals surface area contributed by atoms with E-state index in [-0.39, 0.29) is 6.54 Å². The van der Waals surface area contributed by atoms with E-state index >= 15 is 0 Å². The maximum atomic E-state index is 13.2. The van der Waals surface area contributed by atoms with Gasteiger partial charge >= 0.3 is 18.3 Å². The van der Waals surface area contributed by atoms with Crippen LogP contribution in [0.25, 0.3) is 10.6 Å². The second kappa shape index (κ2) is 12.9. The van der Waals surface area contributed by atoms with Crippen molar-refractivity contribution in [2.75, 3.05) is 13.7 Å². The first-order chi connectivity index (χ1) is 18.3. The van der Waals surface area contributed by atoms with Crippen molar-refractivity contribution in [3.05, 3.63) is 68.1 Å². The zero-order chi connectivity index (χ0) is 28.9. The molecule has 3 rings (SSSR count). The summed E-state index contributed by atoms with van der Waals surface area (Å²) in [6.45, 7) is -0.117. The van der Waals surface area contributed by atoms with E-state index < -0.39 is 43.4 Å². The van der Waals surface area contributed by atoms with E-state index in [1.54, 1.807) is 25.1 Å². The van der Waals surface area contributed by atoms with Crippen molar-refractivity contribution in [2.24, 2.45) is 0 Å². The quantitative estimate of drug-likeness (QED) is 0.235. The number of carboxylic acid groups (broad SMARTS) is 1. The Morgan fingerprint density at radius 3 is 2.51 bits per heavy atom. The summed E-state index contributed by atoms with van der Waals surface area (Å²) in [5.41, 5.74) is 1.88. The van der Waals surface area contributed by atoms with Crippen LogP contribution in [0.15, 0.2) is 36.4 Å². The summed E-state index contributed by atoms with van der Waals surface area (Å²) < 4.78 is 61.1. The molecule has 1 heterocycles. The van der Waals surface area contributed by atoms with Gasteiger partial charge in [0, 0.05) is 29.1 Å². The number of hydrogen-bond acceptors (Lipinski definition) is 6. The Morgan fingerprint density at radius 1 is 1.18 bits per heavy atom. The highest BCUT2D eigenvalue weighted by atomic mass is 35.5. The first-order valence-corrected chi connectivity index (χ1v) is 12.8. The second-order valence-electron chi connectivity index (χ2n) is 8.29. The van der Waals surface area contributed by atoms with Gasteiger partial charge < -0.3 is 19.9 Å². The maximum absolute atomic E-state index is 13.2. The minimum Gasteiger partial charge on any atom is -0.496 e. The summed E-state index contributed by atoms with van der Waals surface area (Å²) in [6.07, 6.45) is -6.19. The third-order valence-electron chi connectivity index (χ3n) is 5.44. The Kier molecular flexibility index (Phi) is 10.2. The van der Waals surface area contributed by atoms with Gasteiger partial charge in [-0.2, -0.15) is 8.78 Å². The summed E-state index contributed by atoms with van der Waals surface area (Å²) in [7, 11) is 1.39. The molecule has 1 aromatic heterocycles. The molecule has 0 aliphatic heterocycles. The number of alkyl halides is 4. The Bertz CT molecular complexity index is 1360. The molecule has 14 heteroatoms. The third kappa shape index (κ3) is 7.81. The molecule has 0 bridgehead atoms. The summed E-state index contributed by atoms with van der Waals surface area (Å²) >= 11 is 13.3. The van der Waals surface area contributed by atoms with E-state index in [9.17, 15) is 32.3 Å². The largest absolute Gasteiger partial charge is 0.496 e. The van der Waals surface area contributed by atoms with Crippen molar-refractivity contribution in [1.29, 1.82) is 0 Å². The van der Waals surface area contributed by atoms with Gasteiger partial charge in [-0.3, -0.25) is 4.79 Å². The normalized spacial score (nSPS) is 12.4. The highest BCUT2D eigenvalue weighted by Gasteiger charge is 2.42. The zero-order valence-electron chi connectivity index (χ0n) is 20.4. The van der Waals surface area contributed by atoms with E-state index in [1.165, 1.54) is 25.3 Å². The van der Waals surface area contributed by atoms with E-state index in [0.29, 0.717) is 48.1 Å². The van der Waals surface area contributed by atoms with Crippen LogP contribution >= 0.6 is 34.5 Å². The number of nitrogens with zero attached hydrogens (tertiary/aromatic N) is 1. The van der Waals surface area contributed by atoms with Gasteiger partial charge in [0.1, 0.15) is 22.2 Å². The number of carbonyl (C=O) groups excluding carboxylic acids is 1. The van der Waals surface area contributed by atoms with Gasteiger partial charge in [-0.05, 0) is 36.8 Å². The lowest BCUT2D eigenvalue weighted by molar-refractivity contribution is -0.185. The number of carboxylic acids is 1. The molecule has 0 aliphatic carbocycles. The molecule has 210 valence electrons. The molecule has 2 N–H and O–H groups in total. The fourth-order valence-corrected chi connectivity index (χ4v) is 5.02. The third-order valence-corrected chi connectivity index (χ3v) is 7.18. The fourth-order valence-electron chi connectivity index (χ4n) is 3.44. The number of amides is 1. The van der Waals surface area contributed by atoms with Crippen molar-refractivity contribution in [2.45, 2.75) is 38.3 Å². The SMILES string of the molecule is COc1ccc(CC(OCC(F)(F)C(F)F)C(=O)O)cc1CNC(=O)c1sc(-c2ccc(Cl)cc2Cl)nc1C. The molecule has 1 amide bonds. The van der Waals surface area contributed by atoms with Crippen LogP contribution in [-0.4, -0.2) is 54.1 Å². The van der Waals surface area contributed by atoms with Crippen molar-refractivity contribution in [3.8, 4) is 16.3 Å². The number of carbonyl (C=O) groups is 2. The van der Waals surface area contributed by atoms with Crippen molar-refractivity contribution >= 4 is 46.4 Å². The number of aromatic nitrogens is 1. The number of methoxy groups -OCH3 is 1. The molecule has 0 spiro atoms. The Labute approximate surface area is 234 Å². The molecule has 1 unspecified atom stereocenters. The zero-order valence-corrected chi connectivity index (χ0v) is 22.8. The number of halogens is 6. The number of benzene rings is 2. The standard InChI is InChI=1S/C25H22Cl2F4N2O5S/c1-12-20(39-22(33-12)16-5-4-15(26)9-17(16)27)21(34)32-10-14-7-13(3-6-18(14)37-2)8-19(23(35)36)38-11-25(30,31)24(28)29/h3-7,9,19,24H,8,10-11H2,1-2H3,(H,32,34)(H,35,36). The monoisotopic (exact) mass is 608 g/mol. The molecule has 0 radical (unpaired) electrons. The first-order valence-electron chi connectivity index (χ1n) is 11.2. The minimum atomic E-state index is -4.49. The molecule has 1 atom stereocenters. The van der Waals surface area contributed by atoms with Crippen molar-refractivity contribution in [3.63, 3.8) is 0 Å². The number of nitrogens with one attached hydrogen (secondary N) is 1. The topological polar surface area (TPSA) is 97.8 Å². The molecule has 0 fully saturated rings. The highest BCUT2D eigenvalue weighted by molar-refractivity contribution is 7.17. The lowest BCUT2D eigenvalue weighted by Crippen LogP contribution is -2.37. The summed E-state index contributed by atoms with van der Waals surface area (Å²) in [6, 6.07) is 9.40. The van der Waals surface area contributed by atoms with E-state index in [1.807, 2.05) is 0 Å². The lowest BCUT2D eigenvalue weighted by Gasteiger charge is -2.20. The van der Waals surface area contributed by atoms with Crippen LogP contribution < -0.4 is 10.1 Å². The van der Waals surface area contributed by atoms with Crippen LogP contribution in [0.1, 0.15) is 26.5 Å². The van der Waals surface area contributed by atoms with Crippen LogP contribution in [0.3, 0.4) is 0 Å². The molecule has 3 aromatic rings. The van der Waals surface area contributed by atoms with Gasteiger partial charge in [-0.15, -0.1) is 11.3 Å². The molecule has 39 heavy (non-hydrogen) atoms. The Hall–Kier alpha value is -2.93.